The lowest BCUT2D eigenvalue weighted by molar-refractivity contribution is -0.136. The number of thioether (sulfide) groups is 1. The zero-order valence-corrected chi connectivity index (χ0v) is 18.2. The second-order valence-corrected chi connectivity index (χ2v) is 9.02. The molecule has 0 amide bonds. The van der Waals surface area contributed by atoms with Crippen LogP contribution in [0.1, 0.15) is 19.4 Å². The molecule has 0 aliphatic carbocycles. The zero-order chi connectivity index (χ0) is 22.9. The van der Waals surface area contributed by atoms with Gasteiger partial charge in [0, 0.05) is 22.7 Å². The van der Waals surface area contributed by atoms with Crippen LogP contribution in [0.25, 0.3) is 16.7 Å². The molecule has 0 bridgehead atoms. The van der Waals surface area contributed by atoms with Crippen LogP contribution in [-0.4, -0.2) is 14.8 Å². The molecule has 8 heteroatoms. The number of aromatic nitrogens is 2. The van der Waals surface area contributed by atoms with Crippen molar-refractivity contribution in [1.29, 1.82) is 0 Å². The molecule has 0 aliphatic heterocycles. The van der Waals surface area contributed by atoms with Crippen LogP contribution in [0.15, 0.2) is 82.6 Å². The zero-order valence-electron chi connectivity index (χ0n) is 17.4. The summed E-state index contributed by atoms with van der Waals surface area (Å²) < 4.78 is 43.5. The molecule has 0 saturated carbocycles. The number of hydrogen-bond acceptors (Lipinski definition) is 4. The van der Waals surface area contributed by atoms with E-state index >= 15 is 0 Å². The third-order valence-corrected chi connectivity index (χ3v) is 5.59. The molecule has 0 atom stereocenters. The molecule has 2 heterocycles. The van der Waals surface area contributed by atoms with Gasteiger partial charge in [0.2, 0.25) is 0 Å². The van der Waals surface area contributed by atoms with Gasteiger partial charge in [-0.15, -0.1) is 11.8 Å². The second kappa shape index (κ2) is 8.70. The van der Waals surface area contributed by atoms with Crippen LogP contribution in [0, 0.1) is 0 Å². The number of nitrogens with zero attached hydrogens (tertiary/aromatic N) is 2. The highest BCUT2D eigenvalue weighted by Gasteiger charge is 2.35. The molecule has 4 rings (SSSR count). The standard InChI is InChI=1S/C24H20F3N3OS/c1-15(2)32-21-13-18(24(25,26)27)22-19(31)14-20(28-16-9-5-3-6-10-16)30(23(22)29-21)17-11-7-4-8-12-17/h3-15,28H,1-2H3. The number of benzene rings is 2. The molecular formula is C24H20F3N3OS. The van der Waals surface area contributed by atoms with Crippen molar-refractivity contribution in [1.82, 2.24) is 9.55 Å². The minimum absolute atomic E-state index is 0.0172. The Morgan fingerprint density at radius 2 is 1.59 bits per heavy atom. The van der Waals surface area contributed by atoms with Gasteiger partial charge in [-0.05, 0) is 30.3 Å². The minimum Gasteiger partial charge on any atom is -0.341 e. The molecule has 0 aliphatic rings. The molecule has 0 saturated heterocycles. The normalized spacial score (nSPS) is 11.8. The molecule has 4 aromatic rings. The van der Waals surface area contributed by atoms with E-state index in [9.17, 15) is 18.0 Å². The van der Waals surface area contributed by atoms with Gasteiger partial charge in [-0.1, -0.05) is 50.2 Å². The maximum absolute atomic E-state index is 14.0. The van der Waals surface area contributed by atoms with Gasteiger partial charge in [0.25, 0.3) is 0 Å². The number of halogens is 3. The summed E-state index contributed by atoms with van der Waals surface area (Å²) in [6.07, 6.45) is -4.70. The third-order valence-electron chi connectivity index (χ3n) is 4.67. The number of anilines is 2. The summed E-state index contributed by atoms with van der Waals surface area (Å²) in [6.45, 7) is 3.75. The summed E-state index contributed by atoms with van der Waals surface area (Å²) >= 11 is 1.22. The summed E-state index contributed by atoms with van der Waals surface area (Å²) in [6, 6.07) is 20.2. The topological polar surface area (TPSA) is 46.9 Å². The van der Waals surface area contributed by atoms with Crippen LogP contribution < -0.4 is 10.7 Å². The summed E-state index contributed by atoms with van der Waals surface area (Å²) in [4.78, 5) is 17.5. The second-order valence-electron chi connectivity index (χ2n) is 7.43. The van der Waals surface area contributed by atoms with E-state index < -0.39 is 22.6 Å². The summed E-state index contributed by atoms with van der Waals surface area (Å²) in [5, 5.41) is 2.93. The van der Waals surface area contributed by atoms with Gasteiger partial charge < -0.3 is 5.32 Å². The van der Waals surface area contributed by atoms with E-state index in [1.54, 1.807) is 28.8 Å². The van der Waals surface area contributed by atoms with Gasteiger partial charge >= 0.3 is 6.18 Å². The number of para-hydroxylation sites is 2. The number of pyridine rings is 2. The molecule has 0 radical (unpaired) electrons. The van der Waals surface area contributed by atoms with Crippen LogP contribution in [0.3, 0.4) is 0 Å². The molecule has 0 fully saturated rings. The molecule has 164 valence electrons. The fraction of sp³-hybridized carbons (Fsp3) is 0.167. The highest BCUT2D eigenvalue weighted by molar-refractivity contribution is 7.99. The van der Waals surface area contributed by atoms with Gasteiger partial charge in [0.1, 0.15) is 5.82 Å². The highest BCUT2D eigenvalue weighted by Crippen LogP contribution is 2.37. The summed E-state index contributed by atoms with van der Waals surface area (Å²) in [7, 11) is 0. The number of alkyl halides is 3. The van der Waals surface area contributed by atoms with Crippen molar-refractivity contribution in [3.8, 4) is 5.69 Å². The Morgan fingerprint density at radius 1 is 0.969 bits per heavy atom. The molecule has 1 N–H and O–H groups in total. The quantitative estimate of drug-likeness (QED) is 0.342. The van der Waals surface area contributed by atoms with E-state index in [0.29, 0.717) is 17.2 Å². The molecule has 0 spiro atoms. The number of hydrogen-bond donors (Lipinski definition) is 1. The Labute approximate surface area is 187 Å². The average molecular weight is 456 g/mol. The first-order valence-corrected chi connectivity index (χ1v) is 10.8. The summed E-state index contributed by atoms with van der Waals surface area (Å²) in [5.74, 6) is 0.326. The molecule has 0 unspecified atom stereocenters. The fourth-order valence-corrected chi connectivity index (χ4v) is 4.22. The Kier molecular flexibility index (Phi) is 5.97. The van der Waals surface area contributed by atoms with Crippen molar-refractivity contribution < 1.29 is 13.2 Å². The Bertz CT molecular complexity index is 1300. The van der Waals surface area contributed by atoms with Crippen molar-refractivity contribution in [2.75, 3.05) is 5.32 Å². The van der Waals surface area contributed by atoms with Gasteiger partial charge in [0.05, 0.1) is 16.0 Å². The first-order valence-electron chi connectivity index (χ1n) is 9.96. The predicted octanol–water partition coefficient (Wildman–Crippen LogP) is 6.65. The minimum atomic E-state index is -4.70. The van der Waals surface area contributed by atoms with Crippen molar-refractivity contribution in [2.45, 2.75) is 30.3 Å². The number of rotatable bonds is 5. The van der Waals surface area contributed by atoms with E-state index in [0.717, 1.165) is 6.07 Å². The first-order chi connectivity index (χ1) is 15.2. The van der Waals surface area contributed by atoms with E-state index in [1.165, 1.54) is 17.8 Å². The van der Waals surface area contributed by atoms with E-state index in [4.69, 9.17) is 0 Å². The Hall–Kier alpha value is -3.26. The number of nitrogens with one attached hydrogen (secondary N) is 1. The SMILES string of the molecule is CC(C)Sc1cc(C(F)(F)F)c2c(=O)cc(Nc3ccccc3)n(-c3ccccc3)c2n1. The van der Waals surface area contributed by atoms with E-state index in [1.807, 2.05) is 50.2 Å². The highest BCUT2D eigenvalue weighted by atomic mass is 32.2. The molecule has 4 nitrogen and oxygen atoms in total. The Balaban J connectivity index is 2.10. The first kappa shape index (κ1) is 22.0. The largest absolute Gasteiger partial charge is 0.417 e. The van der Waals surface area contributed by atoms with Crippen molar-refractivity contribution in [3.05, 3.63) is 88.6 Å². The van der Waals surface area contributed by atoms with Gasteiger partial charge in [-0.3, -0.25) is 9.36 Å². The van der Waals surface area contributed by atoms with Gasteiger partial charge in [0.15, 0.2) is 11.1 Å². The predicted molar refractivity (Wildman–Crippen MR) is 123 cm³/mol. The van der Waals surface area contributed by atoms with E-state index in [2.05, 4.69) is 10.3 Å². The Morgan fingerprint density at radius 3 is 2.19 bits per heavy atom. The van der Waals surface area contributed by atoms with Crippen LogP contribution in [-0.2, 0) is 6.18 Å². The van der Waals surface area contributed by atoms with Crippen LogP contribution in [0.4, 0.5) is 24.7 Å². The van der Waals surface area contributed by atoms with Crippen molar-refractivity contribution in [2.24, 2.45) is 0 Å². The lowest BCUT2D eigenvalue weighted by Crippen LogP contribution is -2.18. The average Bonchev–Trinajstić information content (AvgIpc) is 2.73. The molecule has 32 heavy (non-hydrogen) atoms. The number of fused-ring (bicyclic) bond motifs is 1. The third kappa shape index (κ3) is 4.50. The maximum Gasteiger partial charge on any atom is 0.417 e. The van der Waals surface area contributed by atoms with Crippen molar-refractivity contribution >= 4 is 34.3 Å². The van der Waals surface area contributed by atoms with Gasteiger partial charge in [-0.2, -0.15) is 13.2 Å². The smallest absolute Gasteiger partial charge is 0.341 e. The lowest BCUT2D eigenvalue weighted by Gasteiger charge is -2.20. The molecule has 2 aromatic carbocycles. The lowest BCUT2D eigenvalue weighted by atomic mass is 10.1. The molecule has 2 aromatic heterocycles. The fourth-order valence-electron chi connectivity index (χ4n) is 3.41. The van der Waals surface area contributed by atoms with Crippen LogP contribution >= 0.6 is 11.8 Å². The van der Waals surface area contributed by atoms with Crippen LogP contribution in [0.5, 0.6) is 0 Å². The summed E-state index contributed by atoms with van der Waals surface area (Å²) in [5.41, 5.74) is -0.485. The monoisotopic (exact) mass is 455 g/mol. The van der Waals surface area contributed by atoms with E-state index in [-0.39, 0.29) is 15.9 Å². The van der Waals surface area contributed by atoms with Gasteiger partial charge in [-0.25, -0.2) is 4.98 Å². The molecular weight excluding hydrogens is 435 g/mol. The maximum atomic E-state index is 14.0. The van der Waals surface area contributed by atoms with Crippen LogP contribution in [0.2, 0.25) is 0 Å². The van der Waals surface area contributed by atoms with Crippen molar-refractivity contribution in [3.63, 3.8) is 0 Å².